The highest BCUT2D eigenvalue weighted by Crippen LogP contribution is 2.28. The van der Waals surface area contributed by atoms with Crippen LogP contribution >= 0.6 is 15.9 Å². The monoisotopic (exact) mass is 440 g/mol. The first kappa shape index (κ1) is 18.8. The lowest BCUT2D eigenvalue weighted by Crippen LogP contribution is -2.38. The van der Waals surface area contributed by atoms with Gasteiger partial charge in [0.25, 0.3) is 5.91 Å². The number of sulfonamides is 1. The highest BCUT2D eigenvalue weighted by molar-refractivity contribution is 9.10. The predicted molar refractivity (Wildman–Crippen MR) is 104 cm³/mol. The topological polar surface area (TPSA) is 66.5 Å². The Morgan fingerprint density at radius 3 is 2.65 bits per heavy atom. The predicted octanol–water partition coefficient (Wildman–Crippen LogP) is 4.08. The van der Waals surface area contributed by atoms with Crippen molar-refractivity contribution >= 4 is 43.2 Å². The summed E-state index contributed by atoms with van der Waals surface area (Å²) in [5, 5.41) is 2.52. The molecule has 1 aliphatic rings. The third kappa shape index (κ3) is 3.91. The van der Waals surface area contributed by atoms with Gasteiger partial charge in [-0.2, -0.15) is 0 Å². The Kier molecular flexibility index (Phi) is 5.34. The van der Waals surface area contributed by atoms with Crippen molar-refractivity contribution in [2.45, 2.75) is 19.8 Å². The number of halogens is 2. The van der Waals surface area contributed by atoms with Crippen molar-refractivity contribution in [3.8, 4) is 0 Å². The normalized spacial score (nSPS) is 16.3. The Labute approximate surface area is 160 Å². The standard InChI is InChI=1S/C18H18BrFN2O3S/c1-12-4-5-13(10-17(12)22-8-2-3-9-26(22,24)25)18(23)21-16-7-6-14(19)11-15(16)20/h4-7,10-11H,2-3,8-9H2,1H3,(H,21,23). The highest BCUT2D eigenvalue weighted by atomic mass is 79.9. The Hall–Kier alpha value is -1.93. The summed E-state index contributed by atoms with van der Waals surface area (Å²) in [6.45, 7) is 2.20. The smallest absolute Gasteiger partial charge is 0.255 e. The van der Waals surface area contributed by atoms with Gasteiger partial charge in [-0.05, 0) is 55.7 Å². The number of nitrogens with zero attached hydrogens (tertiary/aromatic N) is 1. The van der Waals surface area contributed by atoms with E-state index in [1.807, 2.05) is 0 Å². The van der Waals surface area contributed by atoms with Crippen LogP contribution in [0.25, 0.3) is 0 Å². The van der Waals surface area contributed by atoms with Gasteiger partial charge in [0.15, 0.2) is 0 Å². The minimum atomic E-state index is -3.38. The number of hydrogen-bond acceptors (Lipinski definition) is 3. The van der Waals surface area contributed by atoms with Crippen LogP contribution in [0, 0.1) is 12.7 Å². The van der Waals surface area contributed by atoms with Crippen LogP contribution < -0.4 is 9.62 Å². The molecule has 26 heavy (non-hydrogen) atoms. The van der Waals surface area contributed by atoms with Crippen molar-refractivity contribution in [1.82, 2.24) is 0 Å². The molecule has 1 amide bonds. The summed E-state index contributed by atoms with van der Waals surface area (Å²) in [5.74, 6) is -0.951. The number of aryl methyl sites for hydroxylation is 1. The van der Waals surface area contributed by atoms with Crippen LogP contribution in [-0.4, -0.2) is 26.6 Å². The average molecular weight is 441 g/mol. The molecule has 0 bridgehead atoms. The molecule has 0 saturated carbocycles. The van der Waals surface area contributed by atoms with E-state index in [0.717, 1.165) is 12.0 Å². The van der Waals surface area contributed by atoms with Crippen LogP contribution in [-0.2, 0) is 10.0 Å². The third-order valence-electron chi connectivity index (χ3n) is 4.27. The van der Waals surface area contributed by atoms with Crippen LogP contribution in [0.1, 0.15) is 28.8 Å². The lowest BCUT2D eigenvalue weighted by molar-refractivity contribution is 0.102. The SMILES string of the molecule is Cc1ccc(C(=O)Nc2ccc(Br)cc2F)cc1N1CCCCS1(=O)=O. The summed E-state index contributed by atoms with van der Waals surface area (Å²) in [7, 11) is -3.38. The molecule has 3 rings (SSSR count). The molecule has 5 nitrogen and oxygen atoms in total. The summed E-state index contributed by atoms with van der Waals surface area (Å²) in [6, 6.07) is 9.19. The molecular weight excluding hydrogens is 423 g/mol. The van der Waals surface area contributed by atoms with Crippen molar-refractivity contribution in [3.05, 3.63) is 57.8 Å². The quantitative estimate of drug-likeness (QED) is 0.781. The van der Waals surface area contributed by atoms with Crippen LogP contribution in [0.4, 0.5) is 15.8 Å². The summed E-state index contributed by atoms with van der Waals surface area (Å²) in [4.78, 5) is 12.5. The molecule has 0 unspecified atom stereocenters. The maximum atomic E-state index is 13.9. The number of amides is 1. The van der Waals surface area contributed by atoms with E-state index in [4.69, 9.17) is 0 Å². The number of carbonyl (C=O) groups is 1. The summed E-state index contributed by atoms with van der Waals surface area (Å²) in [5.41, 5.74) is 1.59. The fourth-order valence-electron chi connectivity index (χ4n) is 2.86. The molecule has 0 spiro atoms. The Bertz CT molecular complexity index is 963. The maximum absolute atomic E-state index is 13.9. The first-order valence-corrected chi connectivity index (χ1v) is 10.6. The number of rotatable bonds is 3. The van der Waals surface area contributed by atoms with E-state index in [1.165, 1.54) is 16.4 Å². The number of benzene rings is 2. The lowest BCUT2D eigenvalue weighted by Gasteiger charge is -2.29. The molecule has 0 atom stereocenters. The van der Waals surface area contributed by atoms with Gasteiger partial charge in [-0.15, -0.1) is 0 Å². The second-order valence-corrected chi connectivity index (χ2v) is 9.10. The van der Waals surface area contributed by atoms with E-state index < -0.39 is 21.7 Å². The Morgan fingerprint density at radius 1 is 1.19 bits per heavy atom. The third-order valence-corrected chi connectivity index (χ3v) is 6.62. The van der Waals surface area contributed by atoms with E-state index in [9.17, 15) is 17.6 Å². The molecule has 1 saturated heterocycles. The highest BCUT2D eigenvalue weighted by Gasteiger charge is 2.27. The van der Waals surface area contributed by atoms with Crippen LogP contribution in [0.3, 0.4) is 0 Å². The zero-order chi connectivity index (χ0) is 18.9. The summed E-state index contributed by atoms with van der Waals surface area (Å²) in [6.07, 6.45) is 1.42. The van der Waals surface area contributed by atoms with E-state index in [-0.39, 0.29) is 17.0 Å². The molecule has 1 fully saturated rings. The largest absolute Gasteiger partial charge is 0.319 e. The van der Waals surface area contributed by atoms with Crippen molar-refractivity contribution < 1.29 is 17.6 Å². The van der Waals surface area contributed by atoms with E-state index in [1.54, 1.807) is 31.2 Å². The molecule has 8 heteroatoms. The van der Waals surface area contributed by atoms with E-state index >= 15 is 0 Å². The van der Waals surface area contributed by atoms with Gasteiger partial charge in [0.05, 0.1) is 17.1 Å². The molecule has 1 aliphatic heterocycles. The van der Waals surface area contributed by atoms with Gasteiger partial charge in [0, 0.05) is 16.6 Å². The molecule has 2 aromatic carbocycles. The molecule has 0 aromatic heterocycles. The van der Waals surface area contributed by atoms with Gasteiger partial charge in [-0.1, -0.05) is 22.0 Å². The average Bonchev–Trinajstić information content (AvgIpc) is 2.58. The van der Waals surface area contributed by atoms with Crippen molar-refractivity contribution in [2.75, 3.05) is 21.9 Å². The van der Waals surface area contributed by atoms with Gasteiger partial charge in [0.2, 0.25) is 10.0 Å². The number of anilines is 2. The molecule has 1 heterocycles. The van der Waals surface area contributed by atoms with Gasteiger partial charge < -0.3 is 5.32 Å². The zero-order valence-corrected chi connectivity index (χ0v) is 16.5. The summed E-state index contributed by atoms with van der Waals surface area (Å²) < 4.78 is 40.6. The number of hydrogen-bond donors (Lipinski definition) is 1. The van der Waals surface area contributed by atoms with Crippen molar-refractivity contribution in [1.29, 1.82) is 0 Å². The molecule has 2 aromatic rings. The maximum Gasteiger partial charge on any atom is 0.255 e. The molecular formula is C18H18BrFN2O3S. The van der Waals surface area contributed by atoms with Gasteiger partial charge in [-0.25, -0.2) is 12.8 Å². The van der Waals surface area contributed by atoms with Crippen molar-refractivity contribution in [2.24, 2.45) is 0 Å². The Morgan fingerprint density at radius 2 is 1.96 bits per heavy atom. The van der Waals surface area contributed by atoms with E-state index in [2.05, 4.69) is 21.2 Å². The van der Waals surface area contributed by atoms with E-state index in [0.29, 0.717) is 23.1 Å². The number of carbonyl (C=O) groups excluding carboxylic acids is 1. The minimum Gasteiger partial charge on any atom is -0.319 e. The minimum absolute atomic E-state index is 0.0610. The summed E-state index contributed by atoms with van der Waals surface area (Å²) >= 11 is 3.16. The Balaban J connectivity index is 1.90. The second-order valence-electron chi connectivity index (χ2n) is 6.17. The van der Waals surface area contributed by atoms with Crippen LogP contribution in [0.2, 0.25) is 0 Å². The first-order chi connectivity index (χ1) is 12.3. The van der Waals surface area contributed by atoms with Gasteiger partial charge >= 0.3 is 0 Å². The number of nitrogens with one attached hydrogen (secondary N) is 1. The van der Waals surface area contributed by atoms with Gasteiger partial charge in [0.1, 0.15) is 5.82 Å². The fraction of sp³-hybridized carbons (Fsp3) is 0.278. The van der Waals surface area contributed by atoms with Crippen LogP contribution in [0.15, 0.2) is 40.9 Å². The van der Waals surface area contributed by atoms with Gasteiger partial charge in [-0.3, -0.25) is 9.10 Å². The van der Waals surface area contributed by atoms with Crippen LogP contribution in [0.5, 0.6) is 0 Å². The molecule has 0 radical (unpaired) electrons. The van der Waals surface area contributed by atoms with Crippen molar-refractivity contribution in [3.63, 3.8) is 0 Å². The first-order valence-electron chi connectivity index (χ1n) is 8.15. The fourth-order valence-corrected chi connectivity index (χ4v) is 4.89. The zero-order valence-electron chi connectivity index (χ0n) is 14.1. The second kappa shape index (κ2) is 7.36. The molecule has 1 N–H and O–H groups in total. The molecule has 138 valence electrons. The molecule has 0 aliphatic carbocycles. The lowest BCUT2D eigenvalue weighted by atomic mass is 10.1.